The highest BCUT2D eigenvalue weighted by atomic mass is 15.2. The Morgan fingerprint density at radius 3 is 1.27 bits per heavy atom. The van der Waals surface area contributed by atoms with Gasteiger partial charge in [-0.2, -0.15) is 0 Å². The highest BCUT2D eigenvalue weighted by molar-refractivity contribution is 5.82. The predicted octanol–water partition coefficient (Wildman–Crippen LogP) is 12.3. The van der Waals surface area contributed by atoms with Crippen molar-refractivity contribution in [2.45, 2.75) is 143 Å². The third-order valence-corrected chi connectivity index (χ3v) is 8.51. The molecule has 3 rings (SSSR count). The largest absolute Gasteiger partial charge is 0.493 e. The van der Waals surface area contributed by atoms with Gasteiger partial charge in [0.2, 0.25) is 11.4 Å². The Labute approximate surface area is 246 Å². The van der Waals surface area contributed by atoms with Gasteiger partial charge >= 0.3 is 0 Å². The summed E-state index contributed by atoms with van der Waals surface area (Å²) in [6.45, 7) is 9.07. The first-order valence-electron chi connectivity index (χ1n) is 16.8. The average Bonchev–Trinajstić information content (AvgIpc) is 3.26. The van der Waals surface area contributed by atoms with Crippen LogP contribution in [0.1, 0.15) is 153 Å². The average molecular weight is 541 g/mol. The fourth-order valence-corrected chi connectivity index (χ4v) is 6.02. The van der Waals surface area contributed by atoms with Crippen LogP contribution < -0.4 is 0 Å². The second-order valence-corrected chi connectivity index (χ2v) is 11.9. The maximum Gasteiger partial charge on any atom is 0.211 e. The lowest BCUT2D eigenvalue weighted by Crippen LogP contribution is -2.03. The second-order valence-electron chi connectivity index (χ2n) is 11.9. The lowest BCUT2D eigenvalue weighted by atomic mass is 9.91. The van der Waals surface area contributed by atoms with Gasteiger partial charge in [0.25, 0.3) is 0 Å². The molecule has 1 aliphatic heterocycles. The van der Waals surface area contributed by atoms with Crippen molar-refractivity contribution in [1.29, 1.82) is 0 Å². The summed E-state index contributed by atoms with van der Waals surface area (Å²) in [6, 6.07) is 18.1. The maximum atomic E-state index is 11.9. The number of hydrogen-bond donors (Lipinski definition) is 0. The molecule has 0 amide bonds. The summed E-state index contributed by atoms with van der Waals surface area (Å²) in [5.74, 6) is 0. The Hall–Kier alpha value is -2.48. The van der Waals surface area contributed by atoms with Gasteiger partial charge in [-0.05, 0) is 86.8 Å². The van der Waals surface area contributed by atoms with Crippen LogP contribution in [0.15, 0.2) is 59.7 Å². The summed E-state index contributed by atoms with van der Waals surface area (Å²) < 4.78 is 1.55. The van der Waals surface area contributed by atoms with E-state index in [1.165, 1.54) is 99.3 Å². The molecule has 0 radical (unpaired) electrons. The van der Waals surface area contributed by atoms with E-state index in [9.17, 15) is 5.53 Å². The maximum absolute atomic E-state index is 11.9. The van der Waals surface area contributed by atoms with Gasteiger partial charge < -0.3 is 5.53 Å². The fraction of sp³-hybridized carbons (Fsp3) is 0.579. The summed E-state index contributed by atoms with van der Waals surface area (Å²) in [5.41, 5.74) is 21.7. The molecule has 2 aromatic carbocycles. The monoisotopic (exact) mass is 540 g/mol. The summed E-state index contributed by atoms with van der Waals surface area (Å²) in [7, 11) is 0. The summed E-state index contributed by atoms with van der Waals surface area (Å²) >= 11 is 0. The van der Waals surface area contributed by atoms with E-state index in [1.54, 1.807) is 4.70 Å². The molecule has 1 heterocycles. The minimum absolute atomic E-state index is 1.01. The first-order valence-corrected chi connectivity index (χ1v) is 16.8. The molecular weight excluding hydrogens is 484 g/mol. The van der Waals surface area contributed by atoms with E-state index in [-0.39, 0.29) is 0 Å². The molecule has 0 aromatic heterocycles. The Morgan fingerprint density at radius 2 is 0.775 bits per heavy atom. The Kier molecular flexibility index (Phi) is 14.5. The molecule has 0 N–H and O–H groups in total. The molecule has 2 heteroatoms. The molecule has 0 saturated carbocycles. The van der Waals surface area contributed by atoms with Crippen molar-refractivity contribution in [3.8, 4) is 0 Å². The van der Waals surface area contributed by atoms with Crippen LogP contribution in [0.2, 0.25) is 0 Å². The normalized spacial score (nSPS) is 13.7. The van der Waals surface area contributed by atoms with Crippen LogP contribution in [-0.2, 0) is 12.8 Å². The third-order valence-electron chi connectivity index (χ3n) is 8.51. The first kappa shape index (κ1) is 32.0. The van der Waals surface area contributed by atoms with Crippen molar-refractivity contribution in [1.82, 2.24) is 0 Å². The van der Waals surface area contributed by atoms with Gasteiger partial charge in [-0.25, -0.2) is 4.70 Å². The highest BCUT2D eigenvalue weighted by Crippen LogP contribution is 2.44. The van der Waals surface area contributed by atoms with Gasteiger partial charge in [0.1, 0.15) is 0 Å². The van der Waals surface area contributed by atoms with Crippen molar-refractivity contribution in [2.75, 3.05) is 0 Å². The van der Waals surface area contributed by atoms with E-state index in [1.807, 2.05) is 0 Å². The predicted molar refractivity (Wildman–Crippen MR) is 174 cm³/mol. The zero-order valence-corrected chi connectivity index (χ0v) is 26.2. The summed E-state index contributed by atoms with van der Waals surface area (Å²) in [6.07, 6.45) is 21.9. The lowest BCUT2D eigenvalue weighted by molar-refractivity contribution is -0.345. The van der Waals surface area contributed by atoms with Gasteiger partial charge in [-0.1, -0.05) is 116 Å². The molecule has 0 saturated heterocycles. The molecule has 0 atom stereocenters. The number of rotatable bonds is 20. The van der Waals surface area contributed by atoms with E-state index in [2.05, 4.69) is 76.2 Å². The standard InChI is InChI=1S/C38H56N2/c1-5-9-13-15-16-18-22-36-35(21-12-8-4)37(33-29-25-32(26-30-33)20-17-14-10-6-2)40(39)38(36)34-27-23-31(24-28-34)19-11-7-3/h23-30H,5-22H2,1-4H3. The second kappa shape index (κ2) is 18.1. The van der Waals surface area contributed by atoms with E-state index >= 15 is 0 Å². The van der Waals surface area contributed by atoms with Gasteiger partial charge in [-0.3, -0.25) is 0 Å². The zero-order valence-electron chi connectivity index (χ0n) is 26.2. The van der Waals surface area contributed by atoms with E-state index < -0.39 is 0 Å². The van der Waals surface area contributed by atoms with Crippen molar-refractivity contribution in [3.05, 3.63) is 87.5 Å². The smallest absolute Gasteiger partial charge is 0.211 e. The molecule has 40 heavy (non-hydrogen) atoms. The van der Waals surface area contributed by atoms with Gasteiger partial charge in [0.05, 0.1) is 0 Å². The zero-order chi connectivity index (χ0) is 28.6. The number of hydrogen-bond acceptors (Lipinski definition) is 0. The Morgan fingerprint density at radius 1 is 0.425 bits per heavy atom. The molecule has 0 aliphatic carbocycles. The number of nitrogens with zero attached hydrogens (tertiary/aromatic N) is 2. The van der Waals surface area contributed by atoms with Crippen LogP contribution in [0.25, 0.3) is 16.9 Å². The SMILES string of the molecule is CCCCCCCCC1=C(c2ccc(CCCC)cc2)[N+](=[N-])C(c2ccc(CCCCCC)cc2)=C1CCCC. The van der Waals surface area contributed by atoms with Gasteiger partial charge in [-0.15, -0.1) is 0 Å². The van der Waals surface area contributed by atoms with Crippen LogP contribution in [0.3, 0.4) is 0 Å². The van der Waals surface area contributed by atoms with E-state index in [4.69, 9.17) is 0 Å². The van der Waals surface area contributed by atoms with Crippen LogP contribution in [0.5, 0.6) is 0 Å². The Balaban J connectivity index is 1.92. The molecule has 0 spiro atoms. The third kappa shape index (κ3) is 9.28. The first-order chi connectivity index (χ1) is 19.6. The molecule has 0 fully saturated rings. The Bertz CT molecular complexity index is 1090. The molecular formula is C38H56N2. The van der Waals surface area contributed by atoms with Gasteiger partial charge in [0, 0.05) is 22.3 Å². The number of unbranched alkanes of at least 4 members (excludes halogenated alkanes) is 10. The van der Waals surface area contributed by atoms with E-state index in [0.29, 0.717) is 0 Å². The summed E-state index contributed by atoms with van der Waals surface area (Å²) in [4.78, 5) is 0. The van der Waals surface area contributed by atoms with Crippen molar-refractivity contribution in [2.24, 2.45) is 0 Å². The van der Waals surface area contributed by atoms with Crippen molar-refractivity contribution >= 4 is 11.4 Å². The molecule has 0 bridgehead atoms. The number of aryl methyl sites for hydroxylation is 2. The van der Waals surface area contributed by atoms with Gasteiger partial charge in [0.15, 0.2) is 0 Å². The quantitative estimate of drug-likeness (QED) is 0.118. The minimum atomic E-state index is 1.01. The molecule has 1 aliphatic rings. The number of benzene rings is 2. The molecule has 2 aromatic rings. The molecule has 2 nitrogen and oxygen atoms in total. The number of allylic oxidation sites excluding steroid dienone is 2. The minimum Gasteiger partial charge on any atom is -0.493 e. The van der Waals surface area contributed by atoms with Crippen LogP contribution in [-0.4, -0.2) is 4.70 Å². The molecule has 0 unspecified atom stereocenters. The highest BCUT2D eigenvalue weighted by Gasteiger charge is 2.35. The van der Waals surface area contributed by atoms with Crippen molar-refractivity contribution in [3.63, 3.8) is 0 Å². The summed E-state index contributed by atoms with van der Waals surface area (Å²) in [5, 5.41) is 0. The van der Waals surface area contributed by atoms with Crippen LogP contribution in [0.4, 0.5) is 0 Å². The topological polar surface area (TPSA) is 25.3 Å². The molecule has 218 valence electrons. The van der Waals surface area contributed by atoms with Crippen LogP contribution in [0, 0.1) is 0 Å². The fourth-order valence-electron chi connectivity index (χ4n) is 6.02. The van der Waals surface area contributed by atoms with Crippen LogP contribution >= 0.6 is 0 Å². The van der Waals surface area contributed by atoms with E-state index in [0.717, 1.165) is 61.0 Å². The van der Waals surface area contributed by atoms with Crippen molar-refractivity contribution < 1.29 is 4.70 Å². The lowest BCUT2D eigenvalue weighted by Gasteiger charge is -2.11.